The van der Waals surface area contributed by atoms with Gasteiger partial charge in [-0.25, -0.2) is 4.98 Å². The van der Waals surface area contributed by atoms with Gasteiger partial charge in [-0.2, -0.15) is 0 Å². The molecular formula is C19H23N3O2. The van der Waals surface area contributed by atoms with E-state index in [0.717, 1.165) is 22.4 Å². The molecule has 0 spiro atoms. The number of aryl methyl sites for hydroxylation is 1. The predicted molar refractivity (Wildman–Crippen MR) is 94.3 cm³/mol. The Kier molecular flexibility index (Phi) is 5.59. The highest BCUT2D eigenvalue weighted by Gasteiger charge is 2.12. The van der Waals surface area contributed by atoms with E-state index in [4.69, 9.17) is 10.5 Å². The molecule has 0 aliphatic rings. The summed E-state index contributed by atoms with van der Waals surface area (Å²) in [4.78, 5) is 4.67. The number of imidazole rings is 1. The molecule has 2 aromatic carbocycles. The largest absolute Gasteiger partial charge is 0.392 e. The zero-order valence-corrected chi connectivity index (χ0v) is 13.6. The van der Waals surface area contributed by atoms with Crippen LogP contribution in [0.1, 0.15) is 17.8 Å². The van der Waals surface area contributed by atoms with Crippen molar-refractivity contribution in [2.45, 2.75) is 32.3 Å². The summed E-state index contributed by atoms with van der Waals surface area (Å²) in [5.74, 6) is 0.872. The molecule has 0 saturated carbocycles. The van der Waals surface area contributed by atoms with Crippen molar-refractivity contribution in [3.63, 3.8) is 0 Å². The van der Waals surface area contributed by atoms with E-state index in [1.807, 2.05) is 54.6 Å². The highest BCUT2D eigenvalue weighted by Crippen LogP contribution is 2.18. The third kappa shape index (κ3) is 4.00. The van der Waals surface area contributed by atoms with Gasteiger partial charge in [0.15, 0.2) is 0 Å². The number of para-hydroxylation sites is 2. The zero-order valence-electron chi connectivity index (χ0n) is 13.6. The van der Waals surface area contributed by atoms with Crippen LogP contribution in [-0.4, -0.2) is 27.3 Å². The molecule has 3 N–H and O–H groups in total. The van der Waals surface area contributed by atoms with Crippen LogP contribution in [0.5, 0.6) is 0 Å². The minimum atomic E-state index is -0.496. The summed E-state index contributed by atoms with van der Waals surface area (Å²) < 4.78 is 7.95. The molecule has 1 aromatic heterocycles. The Labute approximate surface area is 141 Å². The van der Waals surface area contributed by atoms with Crippen LogP contribution in [-0.2, 0) is 24.5 Å². The maximum Gasteiger partial charge on any atom is 0.136 e. The van der Waals surface area contributed by atoms with Crippen molar-refractivity contribution >= 4 is 11.0 Å². The molecular weight excluding hydrogens is 302 g/mol. The van der Waals surface area contributed by atoms with Crippen molar-refractivity contribution in [3.8, 4) is 0 Å². The van der Waals surface area contributed by atoms with Crippen LogP contribution in [0.25, 0.3) is 11.0 Å². The smallest absolute Gasteiger partial charge is 0.136 e. The van der Waals surface area contributed by atoms with Gasteiger partial charge in [-0.1, -0.05) is 42.5 Å². The van der Waals surface area contributed by atoms with Gasteiger partial charge in [-0.15, -0.1) is 0 Å². The number of benzene rings is 2. The molecule has 5 nitrogen and oxygen atoms in total. The molecule has 0 fully saturated rings. The van der Waals surface area contributed by atoms with E-state index in [-0.39, 0.29) is 6.54 Å². The number of fused-ring (bicyclic) bond motifs is 1. The van der Waals surface area contributed by atoms with Crippen LogP contribution in [0, 0.1) is 0 Å². The number of rotatable bonds is 8. The van der Waals surface area contributed by atoms with Crippen molar-refractivity contribution in [1.82, 2.24) is 9.55 Å². The lowest BCUT2D eigenvalue weighted by molar-refractivity contribution is 0.0985. The van der Waals surface area contributed by atoms with Crippen LogP contribution in [0.15, 0.2) is 54.6 Å². The fourth-order valence-electron chi connectivity index (χ4n) is 2.72. The first kappa shape index (κ1) is 16.6. The fraction of sp³-hybridized carbons (Fsp3) is 0.316. The van der Waals surface area contributed by atoms with Crippen molar-refractivity contribution in [3.05, 3.63) is 66.0 Å². The van der Waals surface area contributed by atoms with Gasteiger partial charge >= 0.3 is 0 Å². The number of aliphatic hydroxyl groups excluding tert-OH is 1. The Morgan fingerprint density at radius 2 is 1.79 bits per heavy atom. The second-order valence-electron chi connectivity index (χ2n) is 5.82. The molecule has 0 aliphatic heterocycles. The Bertz CT molecular complexity index is 771. The molecule has 5 heteroatoms. The van der Waals surface area contributed by atoms with Gasteiger partial charge in [-0.05, 0) is 24.1 Å². The lowest BCUT2D eigenvalue weighted by Gasteiger charge is -2.12. The minimum Gasteiger partial charge on any atom is -0.392 e. The maximum atomic E-state index is 9.75. The molecule has 3 rings (SSSR count). The lowest BCUT2D eigenvalue weighted by Crippen LogP contribution is -2.22. The summed E-state index contributed by atoms with van der Waals surface area (Å²) in [7, 11) is 0. The fourth-order valence-corrected chi connectivity index (χ4v) is 2.72. The highest BCUT2D eigenvalue weighted by molar-refractivity contribution is 5.75. The van der Waals surface area contributed by atoms with Gasteiger partial charge in [0, 0.05) is 13.1 Å². The van der Waals surface area contributed by atoms with E-state index in [2.05, 4.69) is 9.55 Å². The molecule has 0 saturated heterocycles. The Hall–Kier alpha value is -2.21. The molecule has 126 valence electrons. The van der Waals surface area contributed by atoms with Crippen LogP contribution >= 0.6 is 0 Å². The second-order valence-corrected chi connectivity index (χ2v) is 5.82. The molecule has 0 radical (unpaired) electrons. The number of nitrogens with zero attached hydrogens (tertiary/aromatic N) is 2. The molecule has 0 aliphatic carbocycles. The first-order chi connectivity index (χ1) is 11.8. The van der Waals surface area contributed by atoms with E-state index in [1.165, 1.54) is 0 Å². The third-order valence-electron chi connectivity index (χ3n) is 4.03. The number of hydrogen-bond acceptors (Lipinski definition) is 4. The van der Waals surface area contributed by atoms with E-state index in [9.17, 15) is 5.11 Å². The van der Waals surface area contributed by atoms with Crippen molar-refractivity contribution in [1.29, 1.82) is 0 Å². The van der Waals surface area contributed by atoms with Crippen molar-refractivity contribution in [2.75, 3.05) is 6.54 Å². The Morgan fingerprint density at radius 1 is 1.04 bits per heavy atom. The van der Waals surface area contributed by atoms with Crippen LogP contribution in [0.4, 0.5) is 0 Å². The lowest BCUT2D eigenvalue weighted by atomic mass is 10.2. The summed E-state index contributed by atoms with van der Waals surface area (Å²) in [5.41, 5.74) is 8.64. The van der Waals surface area contributed by atoms with Gasteiger partial charge in [0.05, 0.1) is 23.7 Å². The summed E-state index contributed by atoms with van der Waals surface area (Å²) in [6, 6.07) is 18.1. The van der Waals surface area contributed by atoms with Crippen molar-refractivity contribution in [2.24, 2.45) is 5.73 Å². The average molecular weight is 325 g/mol. The zero-order chi connectivity index (χ0) is 16.8. The van der Waals surface area contributed by atoms with Gasteiger partial charge in [0.1, 0.15) is 12.4 Å². The van der Waals surface area contributed by atoms with Gasteiger partial charge in [0.25, 0.3) is 0 Å². The molecule has 3 aromatic rings. The van der Waals surface area contributed by atoms with E-state index < -0.39 is 6.10 Å². The standard InChI is InChI=1S/C19H23N3O2/c20-12-16(23)10-11-22-18-9-5-4-8-17(18)21-19(22)14-24-13-15-6-2-1-3-7-15/h1-9,16,23H,10-14,20H2. The maximum absolute atomic E-state index is 9.75. The first-order valence-corrected chi connectivity index (χ1v) is 8.22. The quantitative estimate of drug-likeness (QED) is 0.667. The Balaban J connectivity index is 1.73. The van der Waals surface area contributed by atoms with Gasteiger partial charge in [-0.3, -0.25) is 0 Å². The number of ether oxygens (including phenoxy) is 1. The molecule has 24 heavy (non-hydrogen) atoms. The topological polar surface area (TPSA) is 73.3 Å². The molecule has 1 unspecified atom stereocenters. The number of aliphatic hydroxyl groups is 1. The van der Waals surface area contributed by atoms with E-state index in [1.54, 1.807) is 0 Å². The van der Waals surface area contributed by atoms with Gasteiger partial charge in [0.2, 0.25) is 0 Å². The number of aromatic nitrogens is 2. The summed E-state index contributed by atoms with van der Waals surface area (Å²) >= 11 is 0. The number of hydrogen-bond donors (Lipinski definition) is 2. The predicted octanol–water partition coefficient (Wildman–Crippen LogP) is 2.46. The SMILES string of the molecule is NCC(O)CCn1c(COCc2ccccc2)nc2ccccc21. The summed E-state index contributed by atoms with van der Waals surface area (Å²) in [6.07, 6.45) is 0.104. The monoisotopic (exact) mass is 325 g/mol. The Morgan fingerprint density at radius 3 is 2.58 bits per heavy atom. The minimum absolute atomic E-state index is 0.270. The molecule has 1 heterocycles. The summed E-state index contributed by atoms with van der Waals surface area (Å²) in [5, 5.41) is 9.75. The van der Waals surface area contributed by atoms with Crippen LogP contribution in [0.2, 0.25) is 0 Å². The summed E-state index contributed by atoms with van der Waals surface area (Å²) in [6.45, 7) is 1.92. The number of nitrogens with two attached hydrogens (primary N) is 1. The highest BCUT2D eigenvalue weighted by atomic mass is 16.5. The molecule has 1 atom stereocenters. The van der Waals surface area contributed by atoms with Crippen LogP contribution < -0.4 is 5.73 Å². The first-order valence-electron chi connectivity index (χ1n) is 8.22. The molecule has 0 bridgehead atoms. The van der Waals surface area contributed by atoms with Crippen LogP contribution in [0.3, 0.4) is 0 Å². The van der Waals surface area contributed by atoms with Crippen molar-refractivity contribution < 1.29 is 9.84 Å². The molecule has 0 amide bonds. The van der Waals surface area contributed by atoms with E-state index >= 15 is 0 Å². The van der Waals surface area contributed by atoms with Gasteiger partial charge < -0.3 is 20.1 Å². The average Bonchev–Trinajstić information content (AvgIpc) is 2.98. The third-order valence-corrected chi connectivity index (χ3v) is 4.03. The van der Waals surface area contributed by atoms with E-state index in [0.29, 0.717) is 26.2 Å². The normalized spacial score (nSPS) is 12.6. The second kappa shape index (κ2) is 8.06.